The SMILES string of the molecule is COc1cc(C)c(SC)cc1C(C)CN. The van der Waals surface area contributed by atoms with E-state index < -0.39 is 0 Å². The molecule has 0 aliphatic heterocycles. The molecule has 0 saturated heterocycles. The summed E-state index contributed by atoms with van der Waals surface area (Å²) in [6, 6.07) is 4.28. The van der Waals surface area contributed by atoms with Crippen LogP contribution in [0.15, 0.2) is 17.0 Å². The molecule has 3 heteroatoms. The summed E-state index contributed by atoms with van der Waals surface area (Å²) in [7, 11) is 1.71. The molecule has 2 nitrogen and oxygen atoms in total. The highest BCUT2D eigenvalue weighted by molar-refractivity contribution is 7.98. The van der Waals surface area contributed by atoms with Gasteiger partial charge in [-0.3, -0.25) is 0 Å². The van der Waals surface area contributed by atoms with Gasteiger partial charge < -0.3 is 10.5 Å². The van der Waals surface area contributed by atoms with Crippen molar-refractivity contribution in [2.45, 2.75) is 24.7 Å². The number of hydrogen-bond acceptors (Lipinski definition) is 3. The van der Waals surface area contributed by atoms with Crippen LogP contribution in [0.1, 0.15) is 24.0 Å². The predicted octanol–water partition coefficient (Wildman–Crippen LogP) is 2.79. The average Bonchev–Trinajstić information content (AvgIpc) is 2.27. The van der Waals surface area contributed by atoms with Crippen molar-refractivity contribution in [1.29, 1.82) is 0 Å². The van der Waals surface area contributed by atoms with Crippen molar-refractivity contribution in [2.24, 2.45) is 5.73 Å². The quantitative estimate of drug-likeness (QED) is 0.800. The Kier molecular flexibility index (Phi) is 4.48. The normalized spacial score (nSPS) is 12.6. The molecule has 1 aromatic rings. The first-order valence-corrected chi connectivity index (χ1v) is 6.29. The first kappa shape index (κ1) is 12.4. The third-order valence-electron chi connectivity index (χ3n) is 2.63. The summed E-state index contributed by atoms with van der Waals surface area (Å²) >= 11 is 1.76. The van der Waals surface area contributed by atoms with Gasteiger partial charge >= 0.3 is 0 Å². The summed E-state index contributed by atoms with van der Waals surface area (Å²) in [4.78, 5) is 1.30. The van der Waals surface area contributed by atoms with Crippen molar-refractivity contribution in [3.05, 3.63) is 23.3 Å². The molecule has 1 atom stereocenters. The fraction of sp³-hybridized carbons (Fsp3) is 0.500. The Morgan fingerprint density at radius 1 is 1.47 bits per heavy atom. The number of methoxy groups -OCH3 is 1. The first-order chi connectivity index (χ1) is 7.13. The van der Waals surface area contributed by atoms with Crippen molar-refractivity contribution >= 4 is 11.8 Å². The molecule has 0 spiro atoms. The van der Waals surface area contributed by atoms with Gasteiger partial charge in [-0.15, -0.1) is 11.8 Å². The molecule has 0 fully saturated rings. The highest BCUT2D eigenvalue weighted by Crippen LogP contribution is 2.32. The van der Waals surface area contributed by atoms with E-state index in [4.69, 9.17) is 10.5 Å². The standard InChI is InChI=1S/C12H19NOS/c1-8-5-11(14-3)10(9(2)7-13)6-12(8)15-4/h5-6,9H,7,13H2,1-4H3. The number of benzene rings is 1. The number of nitrogens with two attached hydrogens (primary N) is 1. The highest BCUT2D eigenvalue weighted by Gasteiger charge is 2.12. The number of rotatable bonds is 4. The van der Waals surface area contributed by atoms with Crippen LogP contribution in [0.5, 0.6) is 5.75 Å². The summed E-state index contributed by atoms with van der Waals surface area (Å²) < 4.78 is 5.38. The Labute approximate surface area is 96.2 Å². The molecule has 0 bridgehead atoms. The third kappa shape index (κ3) is 2.67. The van der Waals surface area contributed by atoms with Gasteiger partial charge in [-0.25, -0.2) is 0 Å². The van der Waals surface area contributed by atoms with Crippen LogP contribution in [0.4, 0.5) is 0 Å². The molecular weight excluding hydrogens is 206 g/mol. The van der Waals surface area contributed by atoms with Gasteiger partial charge in [0.1, 0.15) is 5.75 Å². The lowest BCUT2D eigenvalue weighted by Crippen LogP contribution is -2.10. The summed E-state index contributed by atoms with van der Waals surface area (Å²) in [5.74, 6) is 1.29. The van der Waals surface area contributed by atoms with Crippen LogP contribution >= 0.6 is 11.8 Å². The largest absolute Gasteiger partial charge is 0.496 e. The van der Waals surface area contributed by atoms with Gasteiger partial charge in [0, 0.05) is 4.90 Å². The monoisotopic (exact) mass is 225 g/mol. The van der Waals surface area contributed by atoms with E-state index in [0.717, 1.165) is 5.75 Å². The number of aryl methyl sites for hydroxylation is 1. The maximum absolute atomic E-state index is 5.69. The Morgan fingerprint density at radius 2 is 2.13 bits per heavy atom. The van der Waals surface area contributed by atoms with Gasteiger partial charge in [0.15, 0.2) is 0 Å². The van der Waals surface area contributed by atoms with E-state index in [9.17, 15) is 0 Å². The molecule has 2 N–H and O–H groups in total. The highest BCUT2D eigenvalue weighted by atomic mass is 32.2. The molecule has 1 unspecified atom stereocenters. The molecule has 84 valence electrons. The molecular formula is C12H19NOS. The van der Waals surface area contributed by atoms with Gasteiger partial charge in [-0.05, 0) is 48.9 Å². The second kappa shape index (κ2) is 5.42. The minimum absolute atomic E-state index is 0.339. The molecule has 1 rings (SSSR count). The van der Waals surface area contributed by atoms with Gasteiger partial charge in [0.2, 0.25) is 0 Å². The van der Waals surface area contributed by atoms with Crippen LogP contribution in [0.2, 0.25) is 0 Å². The molecule has 0 aliphatic rings. The van der Waals surface area contributed by atoms with Crippen molar-refractivity contribution in [1.82, 2.24) is 0 Å². The maximum atomic E-state index is 5.69. The lowest BCUT2D eigenvalue weighted by atomic mass is 9.99. The molecule has 0 amide bonds. The Morgan fingerprint density at radius 3 is 2.60 bits per heavy atom. The van der Waals surface area contributed by atoms with E-state index >= 15 is 0 Å². The fourth-order valence-electron chi connectivity index (χ4n) is 1.59. The zero-order valence-electron chi connectivity index (χ0n) is 9.83. The Balaban J connectivity index is 3.22. The minimum atomic E-state index is 0.339. The number of ether oxygens (including phenoxy) is 1. The fourth-order valence-corrected chi connectivity index (χ4v) is 2.21. The minimum Gasteiger partial charge on any atom is -0.496 e. The van der Waals surface area contributed by atoms with Crippen LogP contribution < -0.4 is 10.5 Å². The number of hydrogen-bond donors (Lipinski definition) is 1. The zero-order valence-corrected chi connectivity index (χ0v) is 10.6. The molecule has 0 aliphatic carbocycles. The van der Waals surface area contributed by atoms with Crippen LogP contribution in [0.25, 0.3) is 0 Å². The van der Waals surface area contributed by atoms with Gasteiger partial charge in [-0.2, -0.15) is 0 Å². The second-order valence-electron chi connectivity index (χ2n) is 3.70. The zero-order chi connectivity index (χ0) is 11.4. The van der Waals surface area contributed by atoms with E-state index in [1.54, 1.807) is 18.9 Å². The average molecular weight is 225 g/mol. The lowest BCUT2D eigenvalue weighted by Gasteiger charge is -2.16. The molecule has 0 radical (unpaired) electrons. The van der Waals surface area contributed by atoms with E-state index in [1.807, 2.05) is 0 Å². The van der Waals surface area contributed by atoms with Crippen LogP contribution in [0.3, 0.4) is 0 Å². The van der Waals surface area contributed by atoms with Crippen molar-refractivity contribution in [2.75, 3.05) is 19.9 Å². The van der Waals surface area contributed by atoms with Gasteiger partial charge in [-0.1, -0.05) is 6.92 Å². The third-order valence-corrected chi connectivity index (χ3v) is 3.51. The molecule has 0 aromatic heterocycles. The maximum Gasteiger partial charge on any atom is 0.122 e. The van der Waals surface area contributed by atoms with Crippen molar-refractivity contribution in [3.63, 3.8) is 0 Å². The Bertz CT molecular complexity index is 339. The smallest absolute Gasteiger partial charge is 0.122 e. The van der Waals surface area contributed by atoms with E-state index in [0.29, 0.717) is 12.5 Å². The first-order valence-electron chi connectivity index (χ1n) is 5.06. The molecule has 0 saturated carbocycles. The van der Waals surface area contributed by atoms with Gasteiger partial charge in [0.05, 0.1) is 7.11 Å². The van der Waals surface area contributed by atoms with Gasteiger partial charge in [0.25, 0.3) is 0 Å². The summed E-state index contributed by atoms with van der Waals surface area (Å²) in [5, 5.41) is 0. The predicted molar refractivity (Wildman–Crippen MR) is 67.0 cm³/mol. The molecule has 15 heavy (non-hydrogen) atoms. The van der Waals surface area contributed by atoms with E-state index in [-0.39, 0.29) is 0 Å². The topological polar surface area (TPSA) is 35.2 Å². The Hall–Kier alpha value is -0.670. The van der Waals surface area contributed by atoms with Crippen molar-refractivity contribution in [3.8, 4) is 5.75 Å². The lowest BCUT2D eigenvalue weighted by molar-refractivity contribution is 0.406. The van der Waals surface area contributed by atoms with Crippen LogP contribution in [-0.4, -0.2) is 19.9 Å². The summed E-state index contributed by atoms with van der Waals surface area (Å²) in [6.45, 7) is 4.87. The van der Waals surface area contributed by atoms with Crippen molar-refractivity contribution < 1.29 is 4.74 Å². The van der Waals surface area contributed by atoms with E-state index in [2.05, 4.69) is 32.2 Å². The number of thioether (sulfide) groups is 1. The second-order valence-corrected chi connectivity index (χ2v) is 4.55. The molecule has 1 aromatic carbocycles. The van der Waals surface area contributed by atoms with Crippen LogP contribution in [-0.2, 0) is 0 Å². The summed E-state index contributed by atoms with van der Waals surface area (Å²) in [5.41, 5.74) is 8.16. The summed E-state index contributed by atoms with van der Waals surface area (Å²) in [6.07, 6.45) is 2.09. The van der Waals surface area contributed by atoms with Crippen LogP contribution in [0, 0.1) is 6.92 Å². The molecule has 0 heterocycles. The van der Waals surface area contributed by atoms with E-state index in [1.165, 1.54) is 16.0 Å².